The van der Waals surface area contributed by atoms with Crippen molar-refractivity contribution in [3.8, 4) is 0 Å². The average Bonchev–Trinajstić information content (AvgIpc) is 3.12. The third-order valence-electron chi connectivity index (χ3n) is 4.52. The summed E-state index contributed by atoms with van der Waals surface area (Å²) < 4.78 is 1.84. The maximum atomic E-state index is 4.39. The lowest BCUT2D eigenvalue weighted by atomic mass is 10.1. The van der Waals surface area contributed by atoms with E-state index in [9.17, 15) is 0 Å². The van der Waals surface area contributed by atoms with Gasteiger partial charge in [-0.15, -0.1) is 5.10 Å². The molecule has 0 bridgehead atoms. The van der Waals surface area contributed by atoms with Gasteiger partial charge in [-0.3, -0.25) is 0 Å². The van der Waals surface area contributed by atoms with Crippen LogP contribution in [0.4, 0.5) is 5.82 Å². The van der Waals surface area contributed by atoms with Crippen molar-refractivity contribution in [3.05, 3.63) is 78.1 Å². The van der Waals surface area contributed by atoms with Gasteiger partial charge in [0.25, 0.3) is 0 Å². The lowest BCUT2D eigenvalue weighted by Crippen LogP contribution is -2.19. The van der Waals surface area contributed by atoms with E-state index >= 15 is 0 Å². The van der Waals surface area contributed by atoms with Crippen LogP contribution in [0.5, 0.6) is 0 Å². The normalized spacial score (nSPS) is 12.2. The Morgan fingerprint density at radius 3 is 2.37 bits per heavy atom. The highest BCUT2D eigenvalue weighted by Gasteiger charge is 2.13. The second kappa shape index (κ2) is 7.95. The van der Waals surface area contributed by atoms with E-state index in [1.165, 1.54) is 11.1 Å². The van der Waals surface area contributed by atoms with Crippen LogP contribution in [0.15, 0.2) is 67.0 Å². The molecule has 1 atom stereocenters. The maximum absolute atomic E-state index is 4.39. The highest BCUT2D eigenvalue weighted by molar-refractivity contribution is 5.81. The first-order valence-corrected chi connectivity index (χ1v) is 9.18. The summed E-state index contributed by atoms with van der Waals surface area (Å²) >= 11 is 0. The number of hydrogen-bond acceptors (Lipinski definition) is 5. The predicted molar refractivity (Wildman–Crippen MR) is 106 cm³/mol. The molecule has 0 saturated heterocycles. The molecule has 0 fully saturated rings. The third-order valence-corrected chi connectivity index (χ3v) is 4.52. The molecule has 6 heteroatoms. The van der Waals surface area contributed by atoms with Crippen LogP contribution >= 0.6 is 0 Å². The van der Waals surface area contributed by atoms with Crippen LogP contribution in [0.1, 0.15) is 18.1 Å². The summed E-state index contributed by atoms with van der Waals surface area (Å²) in [6.45, 7) is 2.87. The predicted octanol–water partition coefficient (Wildman–Crippen LogP) is 3.51. The van der Waals surface area contributed by atoms with E-state index in [-0.39, 0.29) is 6.04 Å². The summed E-state index contributed by atoms with van der Waals surface area (Å²) in [5.74, 6) is 0.731. The standard InChI is InChI=1S/C21H22N6/c1-16(14-18-10-6-3-7-11-18)24-20-19-21(23-15-22-20)27(26-25-19)13-12-17-8-4-2-5-9-17/h2-11,15-16H,12-14H2,1H3,(H,22,23,24). The summed E-state index contributed by atoms with van der Waals surface area (Å²) in [6.07, 6.45) is 3.37. The molecule has 0 radical (unpaired) electrons. The summed E-state index contributed by atoms with van der Waals surface area (Å²) in [5.41, 5.74) is 4.03. The summed E-state index contributed by atoms with van der Waals surface area (Å²) in [6, 6.07) is 21.0. The molecule has 4 rings (SSSR count). The largest absolute Gasteiger partial charge is 0.365 e. The van der Waals surface area contributed by atoms with Crippen molar-refractivity contribution in [1.29, 1.82) is 0 Å². The van der Waals surface area contributed by atoms with Crippen molar-refractivity contribution in [2.75, 3.05) is 5.32 Å². The van der Waals surface area contributed by atoms with E-state index < -0.39 is 0 Å². The minimum absolute atomic E-state index is 0.222. The fourth-order valence-electron chi connectivity index (χ4n) is 3.18. The van der Waals surface area contributed by atoms with Crippen LogP contribution in [0.2, 0.25) is 0 Å². The number of anilines is 1. The Hall–Kier alpha value is -3.28. The maximum Gasteiger partial charge on any atom is 0.183 e. The minimum Gasteiger partial charge on any atom is -0.365 e. The highest BCUT2D eigenvalue weighted by atomic mass is 15.4. The van der Waals surface area contributed by atoms with E-state index in [1.54, 1.807) is 6.33 Å². The van der Waals surface area contributed by atoms with Crippen molar-refractivity contribution in [2.45, 2.75) is 32.4 Å². The molecule has 0 spiro atoms. The Morgan fingerprint density at radius 1 is 0.926 bits per heavy atom. The molecule has 2 aromatic carbocycles. The van der Waals surface area contributed by atoms with Gasteiger partial charge in [-0.2, -0.15) is 0 Å². The monoisotopic (exact) mass is 358 g/mol. The quantitative estimate of drug-likeness (QED) is 0.547. The molecule has 6 nitrogen and oxygen atoms in total. The van der Waals surface area contributed by atoms with Gasteiger partial charge in [0.05, 0.1) is 0 Å². The van der Waals surface area contributed by atoms with Gasteiger partial charge in [0.1, 0.15) is 6.33 Å². The highest BCUT2D eigenvalue weighted by Crippen LogP contribution is 2.18. The van der Waals surface area contributed by atoms with E-state index in [4.69, 9.17) is 0 Å². The van der Waals surface area contributed by atoms with Gasteiger partial charge in [0.2, 0.25) is 0 Å². The van der Waals surface area contributed by atoms with Gasteiger partial charge in [0.15, 0.2) is 17.0 Å². The van der Waals surface area contributed by atoms with Gasteiger partial charge in [-0.1, -0.05) is 65.9 Å². The number of aromatic nitrogens is 5. The smallest absolute Gasteiger partial charge is 0.183 e. The summed E-state index contributed by atoms with van der Waals surface area (Å²) in [7, 11) is 0. The first kappa shape index (κ1) is 17.1. The molecule has 1 unspecified atom stereocenters. The molecule has 0 aliphatic heterocycles. The van der Waals surface area contributed by atoms with E-state index in [1.807, 2.05) is 28.9 Å². The van der Waals surface area contributed by atoms with Gasteiger partial charge in [-0.25, -0.2) is 14.6 Å². The zero-order valence-corrected chi connectivity index (χ0v) is 15.3. The van der Waals surface area contributed by atoms with Crippen molar-refractivity contribution in [1.82, 2.24) is 25.0 Å². The van der Waals surface area contributed by atoms with Crippen LogP contribution in [-0.2, 0) is 19.4 Å². The summed E-state index contributed by atoms with van der Waals surface area (Å²) in [4.78, 5) is 8.77. The van der Waals surface area contributed by atoms with Crippen LogP contribution in [-0.4, -0.2) is 31.0 Å². The molecule has 0 amide bonds. The average molecular weight is 358 g/mol. The van der Waals surface area contributed by atoms with Gasteiger partial charge >= 0.3 is 0 Å². The number of nitrogens with zero attached hydrogens (tertiary/aromatic N) is 5. The second-order valence-electron chi connectivity index (χ2n) is 6.68. The van der Waals surface area contributed by atoms with Gasteiger partial charge in [0, 0.05) is 12.6 Å². The molecule has 0 aliphatic carbocycles. The zero-order chi connectivity index (χ0) is 18.5. The SMILES string of the molecule is CC(Cc1ccccc1)Nc1ncnc2c1nnn2CCc1ccccc1. The molecule has 1 N–H and O–H groups in total. The molecular formula is C21H22N6. The molecule has 0 aliphatic rings. The lowest BCUT2D eigenvalue weighted by Gasteiger charge is -2.14. The molecule has 2 aromatic heterocycles. The van der Waals surface area contributed by atoms with Crippen LogP contribution < -0.4 is 5.32 Å². The number of fused-ring (bicyclic) bond motifs is 1. The number of benzene rings is 2. The Morgan fingerprint density at radius 2 is 1.63 bits per heavy atom. The Labute approximate surface area is 158 Å². The van der Waals surface area contributed by atoms with Crippen molar-refractivity contribution in [2.24, 2.45) is 0 Å². The second-order valence-corrected chi connectivity index (χ2v) is 6.68. The molecule has 0 saturated carbocycles. The van der Waals surface area contributed by atoms with Crippen LogP contribution in [0.3, 0.4) is 0 Å². The zero-order valence-electron chi connectivity index (χ0n) is 15.3. The molecule has 4 aromatic rings. The fraction of sp³-hybridized carbons (Fsp3) is 0.238. The molecular weight excluding hydrogens is 336 g/mol. The third kappa shape index (κ3) is 4.11. The van der Waals surface area contributed by atoms with Gasteiger partial charge in [-0.05, 0) is 30.9 Å². The van der Waals surface area contributed by atoms with E-state index in [0.29, 0.717) is 5.52 Å². The van der Waals surface area contributed by atoms with E-state index in [2.05, 4.69) is 68.9 Å². The first-order valence-electron chi connectivity index (χ1n) is 9.18. The Kier molecular flexibility index (Phi) is 5.05. The summed E-state index contributed by atoms with van der Waals surface area (Å²) in [5, 5.41) is 12.1. The van der Waals surface area contributed by atoms with Crippen LogP contribution in [0.25, 0.3) is 11.2 Å². The fourth-order valence-corrected chi connectivity index (χ4v) is 3.18. The lowest BCUT2D eigenvalue weighted by molar-refractivity contribution is 0.602. The number of rotatable bonds is 7. The molecule has 27 heavy (non-hydrogen) atoms. The number of aryl methyl sites for hydroxylation is 2. The minimum atomic E-state index is 0.222. The van der Waals surface area contributed by atoms with Crippen molar-refractivity contribution in [3.63, 3.8) is 0 Å². The Balaban J connectivity index is 1.48. The number of nitrogens with one attached hydrogen (secondary N) is 1. The molecule has 136 valence electrons. The molecule has 2 heterocycles. The Bertz CT molecular complexity index is 997. The number of hydrogen-bond donors (Lipinski definition) is 1. The van der Waals surface area contributed by atoms with Crippen molar-refractivity contribution >= 4 is 17.0 Å². The topological polar surface area (TPSA) is 68.5 Å². The van der Waals surface area contributed by atoms with E-state index in [0.717, 1.165) is 30.9 Å². The van der Waals surface area contributed by atoms with Crippen molar-refractivity contribution < 1.29 is 0 Å². The van der Waals surface area contributed by atoms with Crippen LogP contribution in [0, 0.1) is 0 Å². The first-order chi connectivity index (χ1) is 13.3. The van der Waals surface area contributed by atoms with Gasteiger partial charge < -0.3 is 5.32 Å².